The molecule has 9 nitrogen and oxygen atoms in total. The highest BCUT2D eigenvalue weighted by atomic mass is 127. The molecule has 0 fully saturated rings. The van der Waals surface area contributed by atoms with Crippen LogP contribution >= 0.6 is 22.6 Å². The van der Waals surface area contributed by atoms with Crippen molar-refractivity contribution >= 4 is 56.7 Å². The zero-order valence-electron chi connectivity index (χ0n) is 14.7. The lowest BCUT2D eigenvalue weighted by Crippen LogP contribution is -2.21. The normalized spacial score (nSPS) is 13.0. The van der Waals surface area contributed by atoms with Crippen LogP contribution in [0, 0.1) is 3.57 Å². The predicted molar refractivity (Wildman–Crippen MR) is 110 cm³/mol. The number of rotatable bonds is 7. The Morgan fingerprint density at radius 3 is 2.74 bits per heavy atom. The van der Waals surface area contributed by atoms with Crippen LogP contribution in [-0.4, -0.2) is 40.4 Å². The molecule has 2 rings (SSSR count). The molecule has 27 heavy (non-hydrogen) atoms. The van der Waals surface area contributed by atoms with Crippen LogP contribution in [0.15, 0.2) is 39.7 Å². The van der Waals surface area contributed by atoms with E-state index in [1.165, 1.54) is 0 Å². The van der Waals surface area contributed by atoms with Gasteiger partial charge in [0, 0.05) is 17.9 Å². The second kappa shape index (κ2) is 10.4. The topological polar surface area (TPSA) is 126 Å². The average molecular weight is 504 g/mol. The number of anilines is 3. The highest BCUT2D eigenvalue weighted by Crippen LogP contribution is 2.20. The summed E-state index contributed by atoms with van der Waals surface area (Å²) in [7, 11) is -1.83. The Hall–Kier alpha value is -1.99. The molecule has 0 spiro atoms. The number of aromatic nitrogens is 2. The van der Waals surface area contributed by atoms with Crippen LogP contribution in [0.2, 0.25) is 0 Å². The highest BCUT2D eigenvalue weighted by molar-refractivity contribution is 14.1. The summed E-state index contributed by atoms with van der Waals surface area (Å²) in [6.07, 6.45) is 0.798. The van der Waals surface area contributed by atoms with Crippen molar-refractivity contribution in [2.75, 3.05) is 23.8 Å². The molecule has 1 aromatic carbocycles. The van der Waals surface area contributed by atoms with E-state index in [-0.39, 0.29) is 19.3 Å². The zero-order chi connectivity index (χ0) is 19.8. The second-order valence-corrected chi connectivity index (χ2v) is 7.62. The van der Waals surface area contributed by atoms with E-state index in [0.29, 0.717) is 22.3 Å². The molecule has 0 aliphatic heterocycles. The molecule has 1 amide bonds. The van der Waals surface area contributed by atoms with Gasteiger partial charge in [0.05, 0.1) is 16.8 Å². The minimum Gasteiger partial charge on any atom is -0.450 e. The fourth-order valence-electron chi connectivity index (χ4n) is 1.86. The number of benzene rings is 1. The molecule has 0 bridgehead atoms. The SMILES string of the molecule is CCOC(=O)N=[S-](=O)c1ccc(Nc2ncc(I)c(NC(C)CO)n2)cc1. The lowest BCUT2D eigenvalue weighted by atomic mass is 10.3. The summed E-state index contributed by atoms with van der Waals surface area (Å²) in [5.41, 5.74) is 0.675. The molecule has 11 heteroatoms. The molecule has 2 aromatic rings. The first kappa shape index (κ1) is 21.3. The number of amides is 1. The van der Waals surface area contributed by atoms with E-state index in [0.717, 1.165) is 3.57 Å². The monoisotopic (exact) mass is 504 g/mol. The molecule has 1 unspecified atom stereocenters. The third kappa shape index (κ3) is 6.59. The van der Waals surface area contributed by atoms with Gasteiger partial charge in [-0.05, 0) is 48.6 Å². The Morgan fingerprint density at radius 2 is 2.11 bits per heavy atom. The molecule has 0 saturated carbocycles. The van der Waals surface area contributed by atoms with Crippen molar-refractivity contribution in [3.63, 3.8) is 0 Å². The van der Waals surface area contributed by atoms with Gasteiger partial charge in [-0.15, -0.1) is 10.6 Å². The highest BCUT2D eigenvalue weighted by Gasteiger charge is 2.08. The first-order chi connectivity index (χ1) is 12.9. The second-order valence-electron chi connectivity index (χ2n) is 5.31. The van der Waals surface area contributed by atoms with Crippen molar-refractivity contribution in [2.45, 2.75) is 24.8 Å². The largest absolute Gasteiger partial charge is 0.450 e. The van der Waals surface area contributed by atoms with Crippen molar-refractivity contribution in [3.8, 4) is 0 Å². The van der Waals surface area contributed by atoms with Crippen LogP contribution in [0.4, 0.5) is 22.2 Å². The molecular weight excluding hydrogens is 485 g/mol. The Labute approximate surface area is 172 Å². The quantitative estimate of drug-likeness (QED) is 0.388. The fourth-order valence-corrected chi connectivity index (χ4v) is 2.94. The molecule has 146 valence electrons. The van der Waals surface area contributed by atoms with Gasteiger partial charge in [-0.2, -0.15) is 4.98 Å². The van der Waals surface area contributed by atoms with Crippen molar-refractivity contribution in [3.05, 3.63) is 34.0 Å². The van der Waals surface area contributed by atoms with Gasteiger partial charge in [0.15, 0.2) is 0 Å². The van der Waals surface area contributed by atoms with Gasteiger partial charge in [-0.3, -0.25) is 4.36 Å². The third-order valence-corrected chi connectivity index (χ3v) is 4.92. The van der Waals surface area contributed by atoms with Crippen LogP contribution < -0.4 is 10.6 Å². The summed E-state index contributed by atoms with van der Waals surface area (Å²) in [6, 6.07) is 6.39. The maximum absolute atomic E-state index is 12.0. The van der Waals surface area contributed by atoms with Crippen LogP contribution in [0.3, 0.4) is 0 Å². The molecule has 1 heterocycles. The van der Waals surface area contributed by atoms with Crippen LogP contribution in [0.5, 0.6) is 0 Å². The predicted octanol–water partition coefficient (Wildman–Crippen LogP) is 3.28. The molecule has 0 aliphatic rings. The van der Waals surface area contributed by atoms with E-state index in [2.05, 4.69) is 52.3 Å². The Balaban J connectivity index is 2.11. The number of nitrogens with one attached hydrogen (secondary N) is 2. The zero-order valence-corrected chi connectivity index (χ0v) is 17.7. The number of aliphatic hydroxyl groups is 1. The van der Waals surface area contributed by atoms with Gasteiger partial charge in [0.25, 0.3) is 0 Å². The van der Waals surface area contributed by atoms with E-state index in [9.17, 15) is 9.00 Å². The number of hydrogen-bond donors (Lipinski definition) is 3. The van der Waals surface area contributed by atoms with Gasteiger partial charge in [-0.1, -0.05) is 17.0 Å². The number of aliphatic hydroxyl groups excluding tert-OH is 1. The molecule has 0 aliphatic carbocycles. The number of hydrogen-bond acceptors (Lipinski definition) is 9. The van der Waals surface area contributed by atoms with Crippen molar-refractivity contribution in [2.24, 2.45) is 4.36 Å². The molecular formula is C16H19IN5O4S-. The van der Waals surface area contributed by atoms with Gasteiger partial charge < -0.3 is 24.7 Å². The maximum atomic E-state index is 12.0. The van der Waals surface area contributed by atoms with Crippen molar-refractivity contribution in [1.82, 2.24) is 9.97 Å². The summed E-state index contributed by atoms with van der Waals surface area (Å²) in [5.74, 6) is 0.980. The standard InChI is InChI=1S/C16H19IN5O4S/c1-3-26-16(24)22-27(25)12-6-4-11(5-7-12)20-15-18-8-13(17)14(21-15)19-10(2)9-23/h4-8,10,23H,3,9H2,1-2H3,(H2,18,19,20,21)/q-1. The van der Waals surface area contributed by atoms with Crippen LogP contribution in [0.25, 0.3) is 0 Å². The maximum Gasteiger partial charge on any atom is 0.410 e. The van der Waals surface area contributed by atoms with E-state index >= 15 is 0 Å². The Bertz CT molecular complexity index is 872. The molecule has 1 aromatic heterocycles. The number of ether oxygens (including phenoxy) is 1. The summed E-state index contributed by atoms with van der Waals surface area (Å²) in [4.78, 5) is 20.2. The first-order valence-electron chi connectivity index (χ1n) is 8.00. The summed E-state index contributed by atoms with van der Waals surface area (Å²) >= 11 is 2.11. The summed E-state index contributed by atoms with van der Waals surface area (Å²) in [6.45, 7) is 3.64. The minimum atomic E-state index is -1.83. The molecule has 1 atom stereocenters. The van der Waals surface area contributed by atoms with Crippen LogP contribution in [-0.2, 0) is 19.5 Å². The minimum absolute atomic E-state index is 0.0156. The Kier molecular flexibility index (Phi) is 8.19. The number of carbonyl (C=O) groups is 1. The third-order valence-electron chi connectivity index (χ3n) is 3.14. The van der Waals surface area contributed by atoms with Crippen molar-refractivity contribution in [1.29, 1.82) is 0 Å². The van der Waals surface area contributed by atoms with Gasteiger partial charge in [-0.25, -0.2) is 9.78 Å². The lowest BCUT2D eigenvalue weighted by Gasteiger charge is -2.14. The molecule has 0 saturated heterocycles. The van der Waals surface area contributed by atoms with Crippen molar-refractivity contribution < 1.29 is 18.8 Å². The Morgan fingerprint density at radius 1 is 1.41 bits per heavy atom. The number of nitrogens with zero attached hydrogens (tertiary/aromatic N) is 3. The van der Waals surface area contributed by atoms with Gasteiger partial charge in [0.1, 0.15) is 5.82 Å². The van der Waals surface area contributed by atoms with Gasteiger partial charge in [0.2, 0.25) is 5.95 Å². The fraction of sp³-hybridized carbons (Fsp3) is 0.312. The smallest absolute Gasteiger partial charge is 0.410 e. The first-order valence-corrected chi connectivity index (χ1v) is 10.2. The van der Waals surface area contributed by atoms with Crippen LogP contribution in [0.1, 0.15) is 13.8 Å². The number of carbonyl (C=O) groups excluding carboxylic acids is 1. The van der Waals surface area contributed by atoms with E-state index in [1.54, 1.807) is 37.4 Å². The van der Waals surface area contributed by atoms with E-state index in [4.69, 9.17) is 5.11 Å². The molecule has 3 N–H and O–H groups in total. The average Bonchev–Trinajstić information content (AvgIpc) is 2.65. The summed E-state index contributed by atoms with van der Waals surface area (Å²) in [5, 5.41) is 15.3. The lowest BCUT2D eigenvalue weighted by molar-refractivity contribution is 0.164. The molecule has 0 radical (unpaired) electrons. The van der Waals surface area contributed by atoms with Gasteiger partial charge >= 0.3 is 6.09 Å². The number of halogens is 1. The summed E-state index contributed by atoms with van der Waals surface area (Å²) < 4.78 is 20.9. The van der Waals surface area contributed by atoms with E-state index < -0.39 is 16.7 Å². The van der Waals surface area contributed by atoms with E-state index in [1.807, 2.05) is 6.92 Å².